The number of aromatic nitrogens is 3. The van der Waals surface area contributed by atoms with E-state index in [0.29, 0.717) is 11.1 Å². The Hall–Kier alpha value is -2.42. The zero-order valence-corrected chi connectivity index (χ0v) is 11.1. The minimum atomic E-state index is -0.896. The fraction of sp³-hybridized carbons (Fsp3) is 0.385. The van der Waals surface area contributed by atoms with E-state index in [9.17, 15) is 4.79 Å². The lowest BCUT2D eigenvalue weighted by Gasteiger charge is -2.17. The van der Waals surface area contributed by atoms with Crippen LogP contribution in [0.3, 0.4) is 0 Å². The molecule has 1 N–H and O–H groups in total. The van der Waals surface area contributed by atoms with Crippen LogP contribution in [0.4, 0.5) is 0 Å². The zero-order valence-electron chi connectivity index (χ0n) is 11.1. The Kier molecular flexibility index (Phi) is 3.21. The summed E-state index contributed by atoms with van der Waals surface area (Å²) in [6.07, 6.45) is 0. The summed E-state index contributed by atoms with van der Waals surface area (Å²) in [7, 11) is 0. The van der Waals surface area contributed by atoms with Gasteiger partial charge in [0.1, 0.15) is 11.1 Å². The Morgan fingerprint density at radius 1 is 1.53 bits per heavy atom. The molecule has 98 valence electrons. The van der Waals surface area contributed by atoms with Crippen LogP contribution >= 0.6 is 0 Å². The summed E-state index contributed by atoms with van der Waals surface area (Å²) in [5.41, 5.74) is 1.13. The van der Waals surface area contributed by atoms with Gasteiger partial charge in [0.05, 0.1) is 11.6 Å². The third-order valence-corrected chi connectivity index (χ3v) is 2.78. The Labute approximate surface area is 111 Å². The van der Waals surface area contributed by atoms with Crippen LogP contribution in [0.15, 0.2) is 18.2 Å². The van der Waals surface area contributed by atoms with Gasteiger partial charge in [-0.05, 0) is 39.0 Å². The van der Waals surface area contributed by atoms with Crippen LogP contribution in [0, 0.1) is 11.3 Å². The summed E-state index contributed by atoms with van der Waals surface area (Å²) >= 11 is 0. The molecule has 6 heteroatoms. The molecule has 19 heavy (non-hydrogen) atoms. The van der Waals surface area contributed by atoms with Gasteiger partial charge in [0.15, 0.2) is 0 Å². The average Bonchev–Trinajstić information content (AvgIpc) is 2.80. The summed E-state index contributed by atoms with van der Waals surface area (Å²) in [4.78, 5) is 12.0. The molecular weight excluding hydrogens is 242 g/mol. The second kappa shape index (κ2) is 4.69. The average molecular weight is 257 g/mol. The van der Waals surface area contributed by atoms with E-state index < -0.39 is 5.54 Å². The number of rotatable bonds is 3. The SMILES string of the molecule is CCn1nnc2cc(C(=O)NC(C)(C)C#N)ccc21. The fourth-order valence-corrected chi connectivity index (χ4v) is 1.73. The molecule has 0 fully saturated rings. The lowest BCUT2D eigenvalue weighted by molar-refractivity contribution is 0.0929. The van der Waals surface area contributed by atoms with Crippen LogP contribution in [0.2, 0.25) is 0 Å². The first-order chi connectivity index (χ1) is 8.96. The molecule has 1 aromatic heterocycles. The predicted octanol–water partition coefficient (Wildman–Crippen LogP) is 1.48. The minimum Gasteiger partial charge on any atom is -0.334 e. The van der Waals surface area contributed by atoms with E-state index in [4.69, 9.17) is 5.26 Å². The fourth-order valence-electron chi connectivity index (χ4n) is 1.73. The highest BCUT2D eigenvalue weighted by Gasteiger charge is 2.20. The molecule has 1 aromatic carbocycles. The number of carbonyl (C=O) groups excluding carboxylic acids is 1. The number of carbonyl (C=O) groups is 1. The van der Waals surface area contributed by atoms with Crippen molar-refractivity contribution in [2.75, 3.05) is 0 Å². The topological polar surface area (TPSA) is 83.6 Å². The van der Waals surface area contributed by atoms with Gasteiger partial charge in [-0.15, -0.1) is 5.10 Å². The van der Waals surface area contributed by atoms with E-state index in [-0.39, 0.29) is 5.91 Å². The number of amides is 1. The number of nitriles is 1. The van der Waals surface area contributed by atoms with Gasteiger partial charge in [0.25, 0.3) is 5.91 Å². The summed E-state index contributed by atoms with van der Waals surface area (Å²) < 4.78 is 1.76. The maximum Gasteiger partial charge on any atom is 0.252 e. The Morgan fingerprint density at radius 3 is 2.89 bits per heavy atom. The third kappa shape index (κ3) is 2.55. The quantitative estimate of drug-likeness (QED) is 0.902. The van der Waals surface area contributed by atoms with E-state index in [1.54, 1.807) is 30.7 Å². The van der Waals surface area contributed by atoms with Crippen LogP contribution in [0.5, 0.6) is 0 Å². The Morgan fingerprint density at radius 2 is 2.26 bits per heavy atom. The van der Waals surface area contributed by atoms with Crippen molar-refractivity contribution < 1.29 is 4.79 Å². The third-order valence-electron chi connectivity index (χ3n) is 2.78. The molecule has 0 radical (unpaired) electrons. The minimum absolute atomic E-state index is 0.292. The number of nitrogens with one attached hydrogen (secondary N) is 1. The number of fused-ring (bicyclic) bond motifs is 1. The second-order valence-corrected chi connectivity index (χ2v) is 4.80. The van der Waals surface area contributed by atoms with E-state index in [2.05, 4.69) is 15.6 Å². The second-order valence-electron chi connectivity index (χ2n) is 4.80. The zero-order chi connectivity index (χ0) is 14.0. The first-order valence-electron chi connectivity index (χ1n) is 6.04. The molecule has 0 saturated carbocycles. The maximum atomic E-state index is 12.0. The smallest absolute Gasteiger partial charge is 0.252 e. The molecule has 2 rings (SSSR count). The number of hydrogen-bond donors (Lipinski definition) is 1. The van der Waals surface area contributed by atoms with Crippen molar-refractivity contribution >= 4 is 16.9 Å². The largest absolute Gasteiger partial charge is 0.334 e. The molecule has 0 bridgehead atoms. The van der Waals surface area contributed by atoms with Crippen LogP contribution in [0.1, 0.15) is 31.1 Å². The van der Waals surface area contributed by atoms with Crippen molar-refractivity contribution in [1.29, 1.82) is 5.26 Å². The van der Waals surface area contributed by atoms with Crippen molar-refractivity contribution in [1.82, 2.24) is 20.3 Å². The van der Waals surface area contributed by atoms with E-state index >= 15 is 0 Å². The van der Waals surface area contributed by atoms with Crippen molar-refractivity contribution in [2.45, 2.75) is 32.9 Å². The number of aryl methyl sites for hydroxylation is 1. The molecule has 0 saturated heterocycles. The summed E-state index contributed by atoms with van der Waals surface area (Å²) in [5.74, 6) is -0.292. The van der Waals surface area contributed by atoms with Gasteiger partial charge in [0.2, 0.25) is 0 Å². The highest BCUT2D eigenvalue weighted by Crippen LogP contribution is 2.14. The van der Waals surface area contributed by atoms with Crippen LogP contribution in [-0.4, -0.2) is 26.4 Å². The molecule has 0 unspecified atom stereocenters. The molecule has 2 aromatic rings. The van der Waals surface area contributed by atoms with Crippen molar-refractivity contribution in [2.24, 2.45) is 0 Å². The maximum absolute atomic E-state index is 12.0. The first-order valence-corrected chi connectivity index (χ1v) is 6.04. The van der Waals surface area contributed by atoms with Crippen LogP contribution in [-0.2, 0) is 6.54 Å². The first kappa shape index (κ1) is 13.0. The highest BCUT2D eigenvalue weighted by molar-refractivity contribution is 5.97. The van der Waals surface area contributed by atoms with Crippen LogP contribution < -0.4 is 5.32 Å². The molecule has 0 aliphatic heterocycles. The monoisotopic (exact) mass is 257 g/mol. The van der Waals surface area contributed by atoms with Gasteiger partial charge in [-0.2, -0.15) is 5.26 Å². The van der Waals surface area contributed by atoms with Crippen LogP contribution in [0.25, 0.3) is 11.0 Å². The normalized spacial score (nSPS) is 11.3. The van der Waals surface area contributed by atoms with E-state index in [1.165, 1.54) is 0 Å². The molecule has 0 aliphatic carbocycles. The van der Waals surface area contributed by atoms with E-state index in [0.717, 1.165) is 12.1 Å². The molecule has 1 heterocycles. The molecule has 1 amide bonds. The van der Waals surface area contributed by atoms with Gasteiger partial charge in [-0.25, -0.2) is 4.68 Å². The lowest BCUT2D eigenvalue weighted by atomic mass is 10.1. The molecule has 0 aliphatic rings. The molecule has 0 atom stereocenters. The van der Waals surface area contributed by atoms with Gasteiger partial charge in [-0.1, -0.05) is 5.21 Å². The highest BCUT2D eigenvalue weighted by atomic mass is 16.1. The molecular formula is C13H15N5O. The Bertz CT molecular complexity index is 665. The summed E-state index contributed by atoms with van der Waals surface area (Å²) in [5, 5.41) is 19.6. The summed E-state index contributed by atoms with van der Waals surface area (Å²) in [6, 6.07) is 7.23. The predicted molar refractivity (Wildman–Crippen MR) is 70.4 cm³/mol. The number of hydrogen-bond acceptors (Lipinski definition) is 4. The van der Waals surface area contributed by atoms with Gasteiger partial charge in [-0.3, -0.25) is 4.79 Å². The molecule has 0 spiro atoms. The Balaban J connectivity index is 2.32. The number of nitrogens with zero attached hydrogens (tertiary/aromatic N) is 4. The van der Waals surface area contributed by atoms with Crippen molar-refractivity contribution in [3.63, 3.8) is 0 Å². The van der Waals surface area contributed by atoms with Gasteiger partial charge >= 0.3 is 0 Å². The van der Waals surface area contributed by atoms with Gasteiger partial charge in [0, 0.05) is 12.1 Å². The van der Waals surface area contributed by atoms with Gasteiger partial charge < -0.3 is 5.32 Å². The van der Waals surface area contributed by atoms with E-state index in [1.807, 2.05) is 19.1 Å². The summed E-state index contributed by atoms with van der Waals surface area (Å²) in [6.45, 7) is 6.00. The van der Waals surface area contributed by atoms with Crippen molar-refractivity contribution in [3.8, 4) is 6.07 Å². The molecule has 6 nitrogen and oxygen atoms in total. The van der Waals surface area contributed by atoms with Crippen molar-refractivity contribution in [3.05, 3.63) is 23.8 Å². The lowest BCUT2D eigenvalue weighted by Crippen LogP contribution is -2.42. The number of benzene rings is 1. The standard InChI is InChI=1S/C13H15N5O/c1-4-18-11-6-5-9(7-10(11)16-17-18)12(19)15-13(2,3)8-14/h5-7H,4H2,1-3H3,(H,15,19).